The van der Waals surface area contributed by atoms with E-state index in [1.54, 1.807) is 6.92 Å². The highest BCUT2D eigenvalue weighted by Crippen LogP contribution is 2.28. The van der Waals surface area contributed by atoms with Gasteiger partial charge in [0.25, 0.3) is 5.91 Å². The summed E-state index contributed by atoms with van der Waals surface area (Å²) in [5.74, 6) is -1.17. The van der Waals surface area contributed by atoms with E-state index in [0.29, 0.717) is 6.54 Å². The Morgan fingerprint density at radius 1 is 1.14 bits per heavy atom. The van der Waals surface area contributed by atoms with Crippen LogP contribution in [-0.2, 0) is 16.0 Å². The molecule has 0 atom stereocenters. The van der Waals surface area contributed by atoms with Crippen molar-refractivity contribution in [3.8, 4) is 5.75 Å². The van der Waals surface area contributed by atoms with E-state index in [1.807, 2.05) is 30.3 Å². The number of esters is 1. The number of nitro benzene ring substituents is 1. The Hall–Kier alpha value is -3.42. The Morgan fingerprint density at radius 3 is 2.57 bits per heavy atom. The molecule has 0 aliphatic heterocycles. The number of nitrogens with zero attached hydrogens (tertiary/aromatic N) is 1. The van der Waals surface area contributed by atoms with Gasteiger partial charge in [-0.05, 0) is 37.5 Å². The topological polar surface area (TPSA) is 108 Å². The molecule has 0 aliphatic rings. The molecule has 0 fully saturated rings. The smallest absolute Gasteiger partial charge is 0.338 e. The highest BCUT2D eigenvalue weighted by molar-refractivity contribution is 5.92. The molecule has 0 saturated heterocycles. The first kappa shape index (κ1) is 20.9. The lowest BCUT2D eigenvalue weighted by atomic mass is 10.1. The minimum Gasteiger partial charge on any atom is -0.487 e. The monoisotopic (exact) mass is 386 g/mol. The maximum atomic E-state index is 12.0. The fraction of sp³-hybridized carbons (Fsp3) is 0.300. The van der Waals surface area contributed by atoms with Gasteiger partial charge in [0, 0.05) is 12.6 Å². The molecule has 0 radical (unpaired) electrons. The number of nitrogens with one attached hydrogen (secondary N) is 1. The summed E-state index contributed by atoms with van der Waals surface area (Å²) in [6.07, 6.45) is 1.59. The lowest BCUT2D eigenvalue weighted by Crippen LogP contribution is -2.29. The average Bonchev–Trinajstić information content (AvgIpc) is 2.70. The van der Waals surface area contributed by atoms with Crippen LogP contribution >= 0.6 is 0 Å². The lowest BCUT2D eigenvalue weighted by Gasteiger charge is -2.08. The second-order valence-electron chi connectivity index (χ2n) is 5.89. The lowest BCUT2D eigenvalue weighted by molar-refractivity contribution is -0.385. The number of benzene rings is 2. The molecular formula is C20H22N2O6. The quantitative estimate of drug-likeness (QED) is 0.291. The third-order valence-corrected chi connectivity index (χ3v) is 3.83. The summed E-state index contributed by atoms with van der Waals surface area (Å²) in [5, 5.41) is 13.8. The van der Waals surface area contributed by atoms with E-state index < -0.39 is 23.4 Å². The van der Waals surface area contributed by atoms with Gasteiger partial charge in [0.2, 0.25) is 0 Å². The molecule has 2 aromatic carbocycles. The largest absolute Gasteiger partial charge is 0.487 e. The maximum absolute atomic E-state index is 12.0. The summed E-state index contributed by atoms with van der Waals surface area (Å²) in [6.45, 7) is 1.96. The Bertz CT molecular complexity index is 823. The van der Waals surface area contributed by atoms with Crippen LogP contribution in [0.3, 0.4) is 0 Å². The molecule has 1 amide bonds. The fourth-order valence-corrected chi connectivity index (χ4v) is 2.50. The molecular weight excluding hydrogens is 364 g/mol. The molecule has 28 heavy (non-hydrogen) atoms. The first-order chi connectivity index (χ1) is 13.5. The van der Waals surface area contributed by atoms with E-state index in [4.69, 9.17) is 9.47 Å². The summed E-state index contributed by atoms with van der Waals surface area (Å²) >= 11 is 0. The maximum Gasteiger partial charge on any atom is 0.338 e. The molecule has 0 aromatic heterocycles. The Morgan fingerprint density at radius 2 is 1.89 bits per heavy atom. The van der Waals surface area contributed by atoms with Gasteiger partial charge in [0.1, 0.15) is 0 Å². The SMILES string of the molecule is CCOc1ccc(C(=O)OCC(=O)NCCCc2ccccc2)cc1[N+](=O)[O-]. The number of rotatable bonds is 10. The first-order valence-corrected chi connectivity index (χ1v) is 8.90. The fourth-order valence-electron chi connectivity index (χ4n) is 2.50. The van der Waals surface area contributed by atoms with Crippen molar-refractivity contribution in [2.24, 2.45) is 0 Å². The number of carbonyl (C=O) groups excluding carboxylic acids is 2. The molecule has 0 spiro atoms. The summed E-state index contributed by atoms with van der Waals surface area (Å²) in [5.41, 5.74) is 0.828. The molecule has 0 heterocycles. The Labute approximate surface area is 162 Å². The van der Waals surface area contributed by atoms with E-state index in [9.17, 15) is 19.7 Å². The third kappa shape index (κ3) is 6.39. The summed E-state index contributed by atoms with van der Waals surface area (Å²) in [7, 11) is 0. The van der Waals surface area contributed by atoms with Crippen molar-refractivity contribution in [3.05, 3.63) is 69.8 Å². The number of nitro groups is 1. The number of hydrogen-bond donors (Lipinski definition) is 1. The zero-order valence-electron chi connectivity index (χ0n) is 15.6. The van der Waals surface area contributed by atoms with Crippen LogP contribution in [0.1, 0.15) is 29.3 Å². The van der Waals surface area contributed by atoms with Gasteiger partial charge < -0.3 is 14.8 Å². The van der Waals surface area contributed by atoms with E-state index in [1.165, 1.54) is 17.7 Å². The molecule has 0 aliphatic carbocycles. The standard InChI is InChI=1S/C20H22N2O6/c1-2-27-18-11-10-16(13-17(18)22(25)26)20(24)28-14-19(23)21-12-6-9-15-7-4-3-5-8-15/h3-5,7-8,10-11,13H,2,6,9,12,14H2,1H3,(H,21,23). The highest BCUT2D eigenvalue weighted by atomic mass is 16.6. The number of carbonyl (C=O) groups is 2. The zero-order chi connectivity index (χ0) is 20.4. The predicted octanol–water partition coefficient (Wildman–Crippen LogP) is 2.90. The van der Waals surface area contributed by atoms with Gasteiger partial charge in [-0.2, -0.15) is 0 Å². The van der Waals surface area contributed by atoms with Crippen LogP contribution in [0.25, 0.3) is 0 Å². The predicted molar refractivity (Wildman–Crippen MR) is 102 cm³/mol. The van der Waals surface area contributed by atoms with E-state index >= 15 is 0 Å². The van der Waals surface area contributed by atoms with Crippen LogP contribution in [0.2, 0.25) is 0 Å². The van der Waals surface area contributed by atoms with Gasteiger partial charge in [0.15, 0.2) is 12.4 Å². The van der Waals surface area contributed by atoms with Crippen LogP contribution in [0.5, 0.6) is 5.75 Å². The normalized spacial score (nSPS) is 10.2. The van der Waals surface area contributed by atoms with Gasteiger partial charge in [0.05, 0.1) is 17.1 Å². The van der Waals surface area contributed by atoms with E-state index in [0.717, 1.165) is 18.9 Å². The van der Waals surface area contributed by atoms with Crippen molar-refractivity contribution in [2.75, 3.05) is 19.8 Å². The van der Waals surface area contributed by atoms with Crippen molar-refractivity contribution in [1.29, 1.82) is 0 Å². The van der Waals surface area contributed by atoms with Crippen LogP contribution in [0.15, 0.2) is 48.5 Å². The summed E-state index contributed by atoms with van der Waals surface area (Å²) < 4.78 is 10.1. The van der Waals surface area contributed by atoms with E-state index in [2.05, 4.69) is 5.32 Å². The number of aryl methyl sites for hydroxylation is 1. The van der Waals surface area contributed by atoms with Crippen molar-refractivity contribution < 1.29 is 24.0 Å². The van der Waals surface area contributed by atoms with Gasteiger partial charge in [-0.15, -0.1) is 0 Å². The zero-order valence-corrected chi connectivity index (χ0v) is 15.6. The number of hydrogen-bond acceptors (Lipinski definition) is 6. The summed E-state index contributed by atoms with van der Waals surface area (Å²) in [4.78, 5) is 34.3. The van der Waals surface area contributed by atoms with Crippen molar-refractivity contribution >= 4 is 17.6 Å². The highest BCUT2D eigenvalue weighted by Gasteiger charge is 2.19. The second kappa shape index (κ2) is 10.7. The van der Waals surface area contributed by atoms with Crippen molar-refractivity contribution in [3.63, 3.8) is 0 Å². The van der Waals surface area contributed by atoms with Crippen LogP contribution < -0.4 is 10.1 Å². The van der Waals surface area contributed by atoms with Gasteiger partial charge >= 0.3 is 11.7 Å². The molecule has 2 aromatic rings. The molecule has 2 rings (SSSR count). The second-order valence-corrected chi connectivity index (χ2v) is 5.89. The number of amides is 1. The Kier molecular flexibility index (Phi) is 7.95. The molecule has 148 valence electrons. The third-order valence-electron chi connectivity index (χ3n) is 3.83. The van der Waals surface area contributed by atoms with Crippen molar-refractivity contribution in [2.45, 2.75) is 19.8 Å². The summed E-state index contributed by atoms with van der Waals surface area (Å²) in [6, 6.07) is 13.7. The molecule has 8 nitrogen and oxygen atoms in total. The first-order valence-electron chi connectivity index (χ1n) is 8.90. The Balaban J connectivity index is 1.78. The molecule has 8 heteroatoms. The van der Waals surface area contributed by atoms with Crippen LogP contribution in [0.4, 0.5) is 5.69 Å². The minimum atomic E-state index is -0.814. The molecule has 0 saturated carbocycles. The van der Waals surface area contributed by atoms with Gasteiger partial charge in [-0.25, -0.2) is 4.79 Å². The van der Waals surface area contributed by atoms with E-state index in [-0.39, 0.29) is 23.6 Å². The molecule has 1 N–H and O–H groups in total. The minimum absolute atomic E-state index is 0.0213. The molecule has 0 bridgehead atoms. The van der Waals surface area contributed by atoms with Gasteiger partial charge in [-0.3, -0.25) is 14.9 Å². The van der Waals surface area contributed by atoms with Crippen LogP contribution in [0, 0.1) is 10.1 Å². The molecule has 0 unspecified atom stereocenters. The van der Waals surface area contributed by atoms with Crippen molar-refractivity contribution in [1.82, 2.24) is 5.32 Å². The average molecular weight is 386 g/mol. The number of ether oxygens (including phenoxy) is 2. The van der Waals surface area contributed by atoms with Crippen LogP contribution in [-0.4, -0.2) is 36.6 Å². The van der Waals surface area contributed by atoms with Gasteiger partial charge in [-0.1, -0.05) is 30.3 Å².